The number of amides is 1. The van der Waals surface area contributed by atoms with Crippen molar-refractivity contribution in [2.75, 3.05) is 10.3 Å². The van der Waals surface area contributed by atoms with Crippen LogP contribution < -0.4 is 21.9 Å². The first-order valence-corrected chi connectivity index (χ1v) is 9.20. The second-order valence-corrected chi connectivity index (χ2v) is 6.82. The molecule has 1 atom stereocenters. The number of hydrogen-bond donors (Lipinski definition) is 3. The Balaban J connectivity index is 1.89. The highest BCUT2D eigenvalue weighted by atomic mass is 32.1. The van der Waals surface area contributed by atoms with Gasteiger partial charge in [0.1, 0.15) is 11.3 Å². The van der Waals surface area contributed by atoms with Crippen molar-refractivity contribution in [1.29, 1.82) is 0 Å². The fourth-order valence-electron chi connectivity index (χ4n) is 2.45. The summed E-state index contributed by atoms with van der Waals surface area (Å²) in [5.41, 5.74) is 7.15. The zero-order valence-corrected chi connectivity index (χ0v) is 15.9. The summed E-state index contributed by atoms with van der Waals surface area (Å²) in [5, 5.41) is 5.02. The molecular formula is C18H19N7O2S. The SMILES string of the molecule is C[C@H](CC=O)N(N)c1cnc(C(N)=O)c(Nc2cc(-c3ccccc3)ns2)n1. The molecule has 1 aromatic carbocycles. The van der Waals surface area contributed by atoms with E-state index in [1.54, 1.807) is 6.92 Å². The average Bonchev–Trinajstić information content (AvgIpc) is 3.16. The molecule has 0 radical (unpaired) electrons. The highest BCUT2D eigenvalue weighted by Crippen LogP contribution is 2.28. The van der Waals surface area contributed by atoms with Gasteiger partial charge in [0.15, 0.2) is 17.3 Å². The Morgan fingerprint density at radius 1 is 1.36 bits per heavy atom. The zero-order valence-electron chi connectivity index (χ0n) is 15.1. The molecule has 0 spiro atoms. The van der Waals surface area contributed by atoms with Crippen molar-refractivity contribution in [3.63, 3.8) is 0 Å². The normalized spacial score (nSPS) is 11.6. The average molecular weight is 397 g/mol. The number of rotatable bonds is 8. The van der Waals surface area contributed by atoms with Gasteiger partial charge in [-0.15, -0.1) is 0 Å². The summed E-state index contributed by atoms with van der Waals surface area (Å²) in [7, 11) is 0. The van der Waals surface area contributed by atoms with E-state index in [1.165, 1.54) is 22.7 Å². The standard InChI is InChI=1S/C18H19N7O2S/c1-11(7-8-26)25(20)14-10-21-16(17(19)27)18(22-14)23-15-9-13(24-28-15)12-5-3-2-4-6-12/h2-6,8-11H,7,20H2,1H3,(H2,19,27)(H,22,23)/t11-/m1/s1. The maximum atomic E-state index is 11.7. The van der Waals surface area contributed by atoms with Crippen LogP contribution in [0.1, 0.15) is 23.8 Å². The van der Waals surface area contributed by atoms with Crippen molar-refractivity contribution in [2.45, 2.75) is 19.4 Å². The number of carbonyl (C=O) groups is 2. The minimum absolute atomic E-state index is 0.0187. The van der Waals surface area contributed by atoms with Crippen LogP contribution in [0.5, 0.6) is 0 Å². The molecule has 0 aliphatic heterocycles. The maximum Gasteiger partial charge on any atom is 0.271 e. The number of aldehydes is 1. The number of carbonyl (C=O) groups excluding carboxylic acids is 2. The minimum Gasteiger partial charge on any atom is -0.364 e. The molecule has 0 saturated carbocycles. The summed E-state index contributed by atoms with van der Waals surface area (Å²) in [6.07, 6.45) is 2.35. The fraction of sp³-hybridized carbons (Fsp3) is 0.167. The lowest BCUT2D eigenvalue weighted by Gasteiger charge is -2.23. The Kier molecular flexibility index (Phi) is 5.92. The van der Waals surface area contributed by atoms with Crippen molar-refractivity contribution in [3.8, 4) is 11.3 Å². The monoisotopic (exact) mass is 397 g/mol. The number of primary amides is 1. The van der Waals surface area contributed by atoms with Crippen molar-refractivity contribution >= 4 is 40.4 Å². The van der Waals surface area contributed by atoms with Gasteiger partial charge in [0.05, 0.1) is 17.9 Å². The predicted octanol–water partition coefficient (Wildman–Crippen LogP) is 2.10. The van der Waals surface area contributed by atoms with Gasteiger partial charge < -0.3 is 15.8 Å². The van der Waals surface area contributed by atoms with Crippen LogP contribution in [0.3, 0.4) is 0 Å². The van der Waals surface area contributed by atoms with Gasteiger partial charge in [-0.1, -0.05) is 30.3 Å². The Morgan fingerprint density at radius 2 is 2.11 bits per heavy atom. The van der Waals surface area contributed by atoms with Crippen LogP contribution >= 0.6 is 11.5 Å². The minimum atomic E-state index is -0.723. The number of aromatic nitrogens is 3. The van der Waals surface area contributed by atoms with Gasteiger partial charge in [-0.2, -0.15) is 4.37 Å². The van der Waals surface area contributed by atoms with E-state index in [2.05, 4.69) is 19.7 Å². The summed E-state index contributed by atoms with van der Waals surface area (Å²) in [4.78, 5) is 30.9. The van der Waals surface area contributed by atoms with E-state index < -0.39 is 5.91 Å². The first-order valence-electron chi connectivity index (χ1n) is 8.43. The van der Waals surface area contributed by atoms with Crippen LogP contribution in [0.2, 0.25) is 0 Å². The largest absolute Gasteiger partial charge is 0.364 e. The summed E-state index contributed by atoms with van der Waals surface area (Å²) >= 11 is 1.22. The lowest BCUT2D eigenvalue weighted by molar-refractivity contribution is -0.108. The molecule has 3 rings (SSSR count). The molecular weight excluding hydrogens is 378 g/mol. The van der Waals surface area contributed by atoms with Gasteiger partial charge in [-0.25, -0.2) is 15.8 Å². The molecule has 0 unspecified atom stereocenters. The molecule has 0 aliphatic carbocycles. The number of hydrazine groups is 1. The molecule has 0 saturated heterocycles. The highest BCUT2D eigenvalue weighted by molar-refractivity contribution is 7.10. The summed E-state index contributed by atoms with van der Waals surface area (Å²) < 4.78 is 4.41. The number of anilines is 3. The molecule has 2 aromatic heterocycles. The number of nitrogens with zero attached hydrogens (tertiary/aromatic N) is 4. The van der Waals surface area contributed by atoms with Crippen LogP contribution in [0.15, 0.2) is 42.6 Å². The van der Waals surface area contributed by atoms with Crippen LogP contribution in [-0.2, 0) is 4.79 Å². The first kappa shape index (κ1) is 19.4. The third-order valence-electron chi connectivity index (χ3n) is 3.99. The van der Waals surface area contributed by atoms with E-state index in [0.29, 0.717) is 10.8 Å². The second-order valence-electron chi connectivity index (χ2n) is 6.02. The number of benzene rings is 1. The quantitative estimate of drug-likeness (QED) is 0.298. The first-order chi connectivity index (χ1) is 13.5. The summed E-state index contributed by atoms with van der Waals surface area (Å²) in [5.74, 6) is 5.76. The van der Waals surface area contributed by atoms with E-state index in [0.717, 1.165) is 17.5 Å². The summed E-state index contributed by atoms with van der Waals surface area (Å²) in [6.45, 7) is 1.78. The van der Waals surface area contributed by atoms with Crippen LogP contribution in [-0.4, -0.2) is 32.6 Å². The molecule has 0 bridgehead atoms. The molecule has 5 N–H and O–H groups in total. The summed E-state index contributed by atoms with van der Waals surface area (Å²) in [6, 6.07) is 11.3. The third kappa shape index (κ3) is 4.30. The lowest BCUT2D eigenvalue weighted by atomic mass is 10.2. The van der Waals surface area contributed by atoms with E-state index in [1.807, 2.05) is 36.4 Å². The molecule has 144 valence electrons. The van der Waals surface area contributed by atoms with Crippen LogP contribution in [0.4, 0.5) is 16.6 Å². The van der Waals surface area contributed by atoms with Crippen LogP contribution in [0, 0.1) is 0 Å². The van der Waals surface area contributed by atoms with Crippen LogP contribution in [0.25, 0.3) is 11.3 Å². The van der Waals surface area contributed by atoms with E-state index in [4.69, 9.17) is 11.6 Å². The smallest absolute Gasteiger partial charge is 0.271 e. The zero-order chi connectivity index (χ0) is 20.1. The maximum absolute atomic E-state index is 11.7. The number of nitrogens with two attached hydrogens (primary N) is 2. The topological polar surface area (TPSA) is 140 Å². The lowest BCUT2D eigenvalue weighted by Crippen LogP contribution is -2.40. The van der Waals surface area contributed by atoms with E-state index in [9.17, 15) is 9.59 Å². The van der Waals surface area contributed by atoms with E-state index >= 15 is 0 Å². The van der Waals surface area contributed by atoms with E-state index in [-0.39, 0.29) is 24.0 Å². The van der Waals surface area contributed by atoms with Crippen molar-refractivity contribution < 1.29 is 9.59 Å². The van der Waals surface area contributed by atoms with Gasteiger partial charge in [-0.05, 0) is 18.5 Å². The fourth-order valence-corrected chi connectivity index (χ4v) is 3.11. The molecule has 0 fully saturated rings. The molecule has 1 amide bonds. The highest BCUT2D eigenvalue weighted by Gasteiger charge is 2.18. The van der Waals surface area contributed by atoms with Gasteiger partial charge in [0, 0.05) is 18.1 Å². The number of hydrogen-bond acceptors (Lipinski definition) is 9. The molecule has 3 aromatic rings. The Hall–Kier alpha value is -3.37. The Bertz CT molecular complexity index is 977. The van der Waals surface area contributed by atoms with Gasteiger partial charge in [-0.3, -0.25) is 9.80 Å². The molecule has 9 nitrogen and oxygen atoms in total. The van der Waals surface area contributed by atoms with Gasteiger partial charge >= 0.3 is 0 Å². The van der Waals surface area contributed by atoms with Gasteiger partial charge in [0.25, 0.3) is 5.91 Å². The molecule has 0 aliphatic rings. The van der Waals surface area contributed by atoms with Crippen molar-refractivity contribution in [1.82, 2.24) is 14.3 Å². The molecule has 28 heavy (non-hydrogen) atoms. The predicted molar refractivity (Wildman–Crippen MR) is 108 cm³/mol. The number of nitrogens with one attached hydrogen (secondary N) is 1. The molecule has 2 heterocycles. The molecule has 10 heteroatoms. The van der Waals surface area contributed by atoms with Crippen molar-refractivity contribution in [2.24, 2.45) is 11.6 Å². The second kappa shape index (κ2) is 8.55. The van der Waals surface area contributed by atoms with Gasteiger partial charge in [0.2, 0.25) is 0 Å². The Morgan fingerprint density at radius 3 is 2.79 bits per heavy atom. The third-order valence-corrected chi connectivity index (χ3v) is 4.70. The van der Waals surface area contributed by atoms with Crippen molar-refractivity contribution in [3.05, 3.63) is 48.3 Å². The Labute approximate surface area is 165 Å².